The average Bonchev–Trinajstić information content (AvgIpc) is 2.25. The highest BCUT2D eigenvalue weighted by Gasteiger charge is 2.04. The molecule has 1 heterocycles. The molecule has 0 aliphatic rings. The van der Waals surface area contributed by atoms with Crippen molar-refractivity contribution in [2.24, 2.45) is 0 Å². The number of anilines is 1. The van der Waals surface area contributed by atoms with Gasteiger partial charge in [-0.05, 0) is 12.7 Å². The minimum atomic E-state index is -0.0271. The van der Waals surface area contributed by atoms with Crippen LogP contribution >= 0.6 is 11.8 Å². The molecule has 0 saturated carbocycles. The molecule has 0 fully saturated rings. The third kappa shape index (κ3) is 2.85. The van der Waals surface area contributed by atoms with E-state index < -0.39 is 0 Å². The standard InChI is InChI=1S/C9H15N3OS/c1-3-4-10-8-7(6-13)5-11-9(12-8)14-2/h5,13H,3-4,6H2,1-2H3,(H,10,11,12). The highest BCUT2D eigenvalue weighted by molar-refractivity contribution is 7.98. The predicted molar refractivity (Wildman–Crippen MR) is 58.5 cm³/mol. The lowest BCUT2D eigenvalue weighted by Crippen LogP contribution is -2.06. The number of nitrogens with zero attached hydrogens (tertiary/aromatic N) is 2. The molecule has 0 saturated heterocycles. The monoisotopic (exact) mass is 213 g/mol. The summed E-state index contributed by atoms with van der Waals surface area (Å²) in [4.78, 5) is 8.37. The van der Waals surface area contributed by atoms with Crippen LogP contribution in [0.2, 0.25) is 0 Å². The summed E-state index contributed by atoms with van der Waals surface area (Å²) in [5, 5.41) is 12.9. The van der Waals surface area contributed by atoms with E-state index in [1.807, 2.05) is 6.26 Å². The minimum absolute atomic E-state index is 0.0271. The number of hydrogen-bond donors (Lipinski definition) is 2. The highest BCUT2D eigenvalue weighted by atomic mass is 32.2. The molecular weight excluding hydrogens is 198 g/mol. The van der Waals surface area contributed by atoms with E-state index in [1.54, 1.807) is 6.20 Å². The van der Waals surface area contributed by atoms with E-state index in [0.717, 1.165) is 29.5 Å². The number of aromatic nitrogens is 2. The van der Waals surface area contributed by atoms with Gasteiger partial charge in [0.1, 0.15) is 5.82 Å². The van der Waals surface area contributed by atoms with Crippen molar-refractivity contribution >= 4 is 17.6 Å². The van der Waals surface area contributed by atoms with Gasteiger partial charge in [0.2, 0.25) is 0 Å². The van der Waals surface area contributed by atoms with Gasteiger partial charge in [0.25, 0.3) is 0 Å². The quantitative estimate of drug-likeness (QED) is 0.573. The molecular formula is C9H15N3OS. The second-order valence-corrected chi connectivity index (χ2v) is 3.59. The fraction of sp³-hybridized carbons (Fsp3) is 0.556. The summed E-state index contributed by atoms with van der Waals surface area (Å²) in [5.41, 5.74) is 0.747. The maximum Gasteiger partial charge on any atom is 0.189 e. The zero-order valence-corrected chi connectivity index (χ0v) is 9.27. The molecule has 0 atom stereocenters. The fourth-order valence-electron chi connectivity index (χ4n) is 1.00. The molecule has 0 aliphatic carbocycles. The van der Waals surface area contributed by atoms with Crippen LogP contribution in [0.25, 0.3) is 0 Å². The van der Waals surface area contributed by atoms with Crippen molar-refractivity contribution in [3.8, 4) is 0 Å². The Labute approximate surface area is 88.2 Å². The van der Waals surface area contributed by atoms with E-state index >= 15 is 0 Å². The van der Waals surface area contributed by atoms with Crippen molar-refractivity contribution in [1.82, 2.24) is 9.97 Å². The SMILES string of the molecule is CCCNc1nc(SC)ncc1CO. The lowest BCUT2D eigenvalue weighted by Gasteiger charge is -2.08. The van der Waals surface area contributed by atoms with Crippen LogP contribution in [0.3, 0.4) is 0 Å². The number of aliphatic hydroxyl groups is 1. The first-order valence-corrected chi connectivity index (χ1v) is 5.79. The van der Waals surface area contributed by atoms with Gasteiger partial charge in [0.15, 0.2) is 5.16 Å². The second-order valence-electron chi connectivity index (χ2n) is 2.82. The summed E-state index contributed by atoms with van der Waals surface area (Å²) in [6.45, 7) is 2.92. The van der Waals surface area contributed by atoms with Gasteiger partial charge < -0.3 is 10.4 Å². The molecule has 0 spiro atoms. The molecule has 0 aliphatic heterocycles. The van der Waals surface area contributed by atoms with Gasteiger partial charge in [-0.1, -0.05) is 18.7 Å². The fourth-order valence-corrected chi connectivity index (χ4v) is 1.34. The van der Waals surface area contributed by atoms with Crippen molar-refractivity contribution < 1.29 is 5.11 Å². The van der Waals surface area contributed by atoms with Gasteiger partial charge >= 0.3 is 0 Å². The number of aliphatic hydroxyl groups excluding tert-OH is 1. The average molecular weight is 213 g/mol. The molecule has 1 aromatic rings. The summed E-state index contributed by atoms with van der Waals surface area (Å²) in [7, 11) is 0. The van der Waals surface area contributed by atoms with Gasteiger partial charge in [-0.2, -0.15) is 0 Å². The maximum atomic E-state index is 9.05. The molecule has 0 amide bonds. The van der Waals surface area contributed by atoms with Crippen molar-refractivity contribution in [3.63, 3.8) is 0 Å². The Morgan fingerprint density at radius 1 is 1.57 bits per heavy atom. The Kier molecular flexibility index (Phi) is 4.69. The summed E-state index contributed by atoms with van der Waals surface area (Å²) < 4.78 is 0. The summed E-state index contributed by atoms with van der Waals surface area (Å²) >= 11 is 1.49. The van der Waals surface area contributed by atoms with Gasteiger partial charge in [-0.15, -0.1) is 0 Å². The Balaban J connectivity index is 2.84. The maximum absolute atomic E-state index is 9.05. The Hall–Kier alpha value is -0.810. The first-order chi connectivity index (χ1) is 6.81. The van der Waals surface area contributed by atoms with E-state index in [-0.39, 0.29) is 6.61 Å². The van der Waals surface area contributed by atoms with Crippen molar-refractivity contribution in [1.29, 1.82) is 0 Å². The van der Waals surface area contributed by atoms with Crippen LogP contribution in [0.5, 0.6) is 0 Å². The first-order valence-electron chi connectivity index (χ1n) is 4.56. The van der Waals surface area contributed by atoms with E-state index in [2.05, 4.69) is 22.2 Å². The zero-order valence-electron chi connectivity index (χ0n) is 8.45. The molecule has 0 radical (unpaired) electrons. The molecule has 2 N–H and O–H groups in total. The summed E-state index contributed by atoms with van der Waals surface area (Å²) in [6, 6.07) is 0. The first kappa shape index (κ1) is 11.3. The Morgan fingerprint density at radius 2 is 2.36 bits per heavy atom. The topological polar surface area (TPSA) is 58.0 Å². The largest absolute Gasteiger partial charge is 0.391 e. The van der Waals surface area contributed by atoms with Gasteiger partial charge in [0, 0.05) is 18.3 Å². The normalized spacial score (nSPS) is 10.2. The van der Waals surface area contributed by atoms with E-state index in [0.29, 0.717) is 0 Å². The summed E-state index contributed by atoms with van der Waals surface area (Å²) in [5.74, 6) is 0.744. The van der Waals surface area contributed by atoms with E-state index in [1.165, 1.54) is 11.8 Å². The molecule has 1 rings (SSSR count). The number of hydrogen-bond acceptors (Lipinski definition) is 5. The van der Waals surface area contributed by atoms with Gasteiger partial charge in [0.05, 0.1) is 6.61 Å². The molecule has 14 heavy (non-hydrogen) atoms. The van der Waals surface area contributed by atoms with Crippen molar-refractivity contribution in [2.75, 3.05) is 18.1 Å². The van der Waals surface area contributed by atoms with Gasteiger partial charge in [-0.25, -0.2) is 9.97 Å². The van der Waals surface area contributed by atoms with Crippen LogP contribution < -0.4 is 5.32 Å². The molecule has 0 bridgehead atoms. The molecule has 4 nitrogen and oxygen atoms in total. The Bertz CT molecular complexity index is 293. The number of thioether (sulfide) groups is 1. The lowest BCUT2D eigenvalue weighted by atomic mass is 10.3. The van der Waals surface area contributed by atoms with E-state index in [4.69, 9.17) is 5.11 Å². The lowest BCUT2D eigenvalue weighted by molar-refractivity contribution is 0.281. The molecule has 0 aromatic carbocycles. The van der Waals surface area contributed by atoms with E-state index in [9.17, 15) is 0 Å². The van der Waals surface area contributed by atoms with Crippen molar-refractivity contribution in [2.45, 2.75) is 25.1 Å². The smallest absolute Gasteiger partial charge is 0.189 e. The van der Waals surface area contributed by atoms with Crippen LogP contribution in [0.4, 0.5) is 5.82 Å². The zero-order chi connectivity index (χ0) is 10.4. The van der Waals surface area contributed by atoms with Crippen LogP contribution in [-0.2, 0) is 6.61 Å². The highest BCUT2D eigenvalue weighted by Crippen LogP contribution is 2.16. The second kappa shape index (κ2) is 5.82. The van der Waals surface area contributed by atoms with Crippen LogP contribution in [0.15, 0.2) is 11.4 Å². The molecule has 1 aromatic heterocycles. The van der Waals surface area contributed by atoms with Crippen LogP contribution in [0.1, 0.15) is 18.9 Å². The van der Waals surface area contributed by atoms with Crippen LogP contribution in [-0.4, -0.2) is 27.9 Å². The molecule has 78 valence electrons. The van der Waals surface area contributed by atoms with Crippen molar-refractivity contribution in [3.05, 3.63) is 11.8 Å². The van der Waals surface area contributed by atoms with Crippen LogP contribution in [0, 0.1) is 0 Å². The molecule has 0 unspecified atom stereocenters. The third-order valence-corrected chi connectivity index (χ3v) is 2.30. The summed E-state index contributed by atoms with van der Waals surface area (Å²) in [6.07, 6.45) is 4.62. The molecule has 5 heteroatoms. The Morgan fingerprint density at radius 3 is 2.93 bits per heavy atom. The minimum Gasteiger partial charge on any atom is -0.391 e. The number of nitrogens with one attached hydrogen (secondary N) is 1. The third-order valence-electron chi connectivity index (χ3n) is 1.74. The van der Waals surface area contributed by atoms with Gasteiger partial charge in [-0.3, -0.25) is 0 Å². The number of rotatable bonds is 5. The predicted octanol–water partition coefficient (Wildman–Crippen LogP) is 1.51.